The van der Waals surface area contributed by atoms with Crippen LogP contribution in [0, 0.1) is 21.7 Å². The maximum absolute atomic E-state index is 11.6. The van der Waals surface area contributed by atoms with Gasteiger partial charge in [0, 0.05) is 101 Å². The number of hydrogen-bond donors (Lipinski definition) is 4. The Morgan fingerprint density at radius 1 is 0.316 bits per heavy atom. The fourth-order valence-corrected chi connectivity index (χ4v) is 2.46. The van der Waals surface area contributed by atoms with Gasteiger partial charge in [-0.15, -0.1) is 0 Å². The Hall–Kier alpha value is -2.44. The van der Waals surface area contributed by atoms with Crippen molar-refractivity contribution >= 4 is 23.1 Å². The van der Waals surface area contributed by atoms with Gasteiger partial charge in [-0.2, -0.15) is 0 Å². The predicted octanol–water partition coefficient (Wildman–Crippen LogP) is 9.87. The van der Waals surface area contributed by atoms with Gasteiger partial charge in [-0.3, -0.25) is 19.2 Å². The zero-order chi connectivity index (χ0) is 46.3. The van der Waals surface area contributed by atoms with Gasteiger partial charge in [0.2, 0.25) is 0 Å². The molecule has 0 atom stereocenters. The zero-order valence-electron chi connectivity index (χ0n) is 39.9. The van der Waals surface area contributed by atoms with E-state index in [-0.39, 0.29) is 72.4 Å². The van der Waals surface area contributed by atoms with Crippen LogP contribution in [-0.4, -0.2) is 94.4 Å². The molecule has 0 radical (unpaired) electrons. The summed E-state index contributed by atoms with van der Waals surface area (Å²) in [5, 5.41) is 38.4. The quantitative estimate of drug-likeness (QED) is 0.108. The van der Waals surface area contributed by atoms with E-state index in [1.165, 1.54) is 52.7 Å². The molecule has 0 heterocycles. The molecule has 0 aliphatic rings. The summed E-state index contributed by atoms with van der Waals surface area (Å²) in [7, 11) is 5.89. The number of carbonyl (C=O) groups excluding carboxylic acids is 4. The first-order chi connectivity index (χ1) is 24.4. The molecule has 0 bridgehead atoms. The molecule has 0 unspecified atom stereocenters. The van der Waals surface area contributed by atoms with Gasteiger partial charge in [0.25, 0.3) is 0 Å². The average molecular weight is 892 g/mol. The Morgan fingerprint density at radius 3 is 0.491 bits per heavy atom. The van der Waals surface area contributed by atoms with Gasteiger partial charge in [-0.05, 0) is 55.4 Å². The number of hydrogen-bond acceptors (Lipinski definition) is 12. The van der Waals surface area contributed by atoms with Crippen molar-refractivity contribution in [2.45, 2.75) is 161 Å². The number of methoxy groups -OCH3 is 4. The van der Waals surface area contributed by atoms with Gasteiger partial charge < -0.3 is 39.4 Å². The molecule has 0 amide bonds. The number of aliphatic hydroxyl groups is 4. The molecule has 0 fully saturated rings. The molecule has 0 aromatic rings. The number of aliphatic hydroxyl groups excluding tert-OH is 4. The van der Waals surface area contributed by atoms with Crippen molar-refractivity contribution in [3.8, 4) is 0 Å². The van der Waals surface area contributed by atoms with Gasteiger partial charge in [0.05, 0.1) is 0 Å². The number of rotatable bonds is 12. The third kappa shape index (κ3) is 26.3. The molecule has 4 N–H and O–H groups in total. The van der Waals surface area contributed by atoms with E-state index in [2.05, 4.69) is 0 Å². The molecule has 0 aromatic heterocycles. The largest absolute Gasteiger partial charge is 0.512 e. The maximum atomic E-state index is 11.6. The van der Waals surface area contributed by atoms with Crippen molar-refractivity contribution in [1.82, 2.24) is 0 Å². The topological polar surface area (TPSA) is 186 Å². The van der Waals surface area contributed by atoms with Crippen molar-refractivity contribution in [3.05, 3.63) is 47.3 Å². The number of ketones is 4. The monoisotopic (exact) mass is 890 g/mol. The van der Waals surface area contributed by atoms with E-state index in [4.69, 9.17) is 18.9 Å². The summed E-state index contributed by atoms with van der Waals surface area (Å²) in [6, 6.07) is 0. The molecule has 57 heavy (non-hydrogen) atoms. The van der Waals surface area contributed by atoms with Crippen LogP contribution >= 0.6 is 0 Å². The van der Waals surface area contributed by atoms with Crippen molar-refractivity contribution in [2.24, 2.45) is 21.7 Å². The van der Waals surface area contributed by atoms with Crippen LogP contribution in [0.4, 0.5) is 0 Å². The fourth-order valence-electron chi connectivity index (χ4n) is 2.46. The minimum atomic E-state index is -0.876. The van der Waals surface area contributed by atoms with E-state index >= 15 is 0 Å². The van der Waals surface area contributed by atoms with Crippen molar-refractivity contribution in [2.75, 3.05) is 28.4 Å². The average Bonchev–Trinajstić information content (AvgIpc) is 3.03. The summed E-state index contributed by atoms with van der Waals surface area (Å²) in [5.41, 5.74) is -5.12. The first-order valence-electron chi connectivity index (χ1n) is 18.5. The van der Waals surface area contributed by atoms with Crippen LogP contribution < -0.4 is 0 Å². The molecule has 0 rings (SSSR count). The SMILES string of the molecule is COC(C)(C)C(=O)/C=C(\O)C(C)(C)C.COC(C)(C)C(=O)/C=C(\O)C(C)(C)C.COC(C)(C)C(=O)/C=C(\O)C(C)(C)C.COC(C)(C)C(=O)/C=C(\O)C(C)(C)C.[Zr]. The maximum Gasteiger partial charge on any atom is 0.190 e. The Kier molecular flexibility index (Phi) is 27.5. The smallest absolute Gasteiger partial charge is 0.190 e. The Morgan fingerprint density at radius 2 is 0.421 bits per heavy atom. The number of carbonyl (C=O) groups is 4. The van der Waals surface area contributed by atoms with E-state index in [1.54, 1.807) is 55.4 Å². The van der Waals surface area contributed by atoms with Crippen LogP contribution in [0.5, 0.6) is 0 Å². The van der Waals surface area contributed by atoms with E-state index in [0.29, 0.717) is 0 Å². The van der Waals surface area contributed by atoms with E-state index in [9.17, 15) is 39.6 Å². The molecule has 13 heteroatoms. The van der Waals surface area contributed by atoms with Crippen molar-refractivity contribution < 1.29 is 84.8 Å². The van der Waals surface area contributed by atoms with Crippen LogP contribution in [0.2, 0.25) is 0 Å². The molecular weight excluding hydrogens is 812 g/mol. The molecule has 0 aromatic carbocycles. The van der Waals surface area contributed by atoms with E-state index in [0.717, 1.165) is 0 Å². The van der Waals surface area contributed by atoms with Gasteiger partial charge >= 0.3 is 0 Å². The second-order valence-corrected chi connectivity index (χ2v) is 19.4. The van der Waals surface area contributed by atoms with Crippen molar-refractivity contribution in [1.29, 1.82) is 0 Å². The van der Waals surface area contributed by atoms with Gasteiger partial charge in [-0.25, -0.2) is 0 Å². The van der Waals surface area contributed by atoms with Gasteiger partial charge in [0.15, 0.2) is 23.1 Å². The minimum absolute atomic E-state index is 0. The van der Waals surface area contributed by atoms with E-state index in [1.807, 2.05) is 83.1 Å². The van der Waals surface area contributed by atoms with Crippen molar-refractivity contribution in [3.63, 3.8) is 0 Å². The summed E-state index contributed by atoms with van der Waals surface area (Å²) < 4.78 is 20.0. The Labute approximate surface area is 364 Å². The predicted molar refractivity (Wildman–Crippen MR) is 225 cm³/mol. The zero-order valence-corrected chi connectivity index (χ0v) is 42.3. The molecule has 0 aliphatic heterocycles. The first-order valence-corrected chi connectivity index (χ1v) is 18.5. The van der Waals surface area contributed by atoms with Crippen LogP contribution in [0.25, 0.3) is 0 Å². The van der Waals surface area contributed by atoms with Crippen LogP contribution in [-0.2, 0) is 64.3 Å². The summed E-state index contributed by atoms with van der Waals surface area (Å²) in [6.07, 6.45) is 4.96. The molecule has 0 aliphatic carbocycles. The summed E-state index contributed by atoms with van der Waals surface area (Å²) in [5.74, 6) is -0.611. The summed E-state index contributed by atoms with van der Waals surface area (Å²) >= 11 is 0. The second kappa shape index (κ2) is 24.6. The van der Waals surface area contributed by atoms with E-state index < -0.39 is 44.1 Å². The molecule has 12 nitrogen and oxygen atoms in total. The Bertz CT molecular complexity index is 1200. The Balaban J connectivity index is -0.000000210. The number of ether oxygens (including phenoxy) is 4. The van der Waals surface area contributed by atoms with Crippen LogP contribution in [0.3, 0.4) is 0 Å². The van der Waals surface area contributed by atoms with Gasteiger partial charge in [0.1, 0.15) is 45.4 Å². The molecule has 0 saturated carbocycles. The molecule has 0 saturated heterocycles. The fraction of sp³-hybridized carbons (Fsp3) is 0.727. The molecular formula is C44H80O12Zr. The van der Waals surface area contributed by atoms with Crippen LogP contribution in [0.15, 0.2) is 47.3 Å². The third-order valence-corrected chi connectivity index (χ3v) is 8.56. The normalized spacial score (nSPS) is 14.0. The third-order valence-electron chi connectivity index (χ3n) is 8.56. The molecule has 0 spiro atoms. The standard InChI is InChI=1S/4C11H20O3.Zr/c4*1-10(2,3)8(12)7-9(13)11(4,5)14-6;/h4*7,12H,1-6H3;/b4*8-7-;. The first kappa shape index (κ1) is 63.7. The minimum Gasteiger partial charge on any atom is -0.512 e. The summed E-state index contributed by atoms with van der Waals surface area (Å²) in [6.45, 7) is 35.4. The van der Waals surface area contributed by atoms with Crippen LogP contribution in [0.1, 0.15) is 138 Å². The summed E-state index contributed by atoms with van der Waals surface area (Å²) in [4.78, 5) is 46.4. The second-order valence-electron chi connectivity index (χ2n) is 19.4. The van der Waals surface area contributed by atoms with Gasteiger partial charge in [-0.1, -0.05) is 83.1 Å². The molecule has 332 valence electrons. The number of allylic oxidation sites excluding steroid dienone is 4.